The number of carbonyl (C=O) groups excluding carboxylic acids is 1. The number of morpholine rings is 2. The van der Waals surface area contributed by atoms with E-state index in [-0.39, 0.29) is 5.97 Å². The molecule has 2 aliphatic heterocycles. The molecule has 3 heterocycles. The molecule has 2 saturated heterocycles. The molecule has 0 spiro atoms. The zero-order valence-corrected chi connectivity index (χ0v) is 13.7. The third-order valence-corrected chi connectivity index (χ3v) is 4.82. The molecule has 22 heavy (non-hydrogen) atoms. The summed E-state index contributed by atoms with van der Waals surface area (Å²) in [6.07, 6.45) is 0. The number of esters is 1. The van der Waals surface area contributed by atoms with Crippen molar-refractivity contribution in [3.8, 4) is 0 Å². The van der Waals surface area contributed by atoms with Gasteiger partial charge in [-0.3, -0.25) is 0 Å². The predicted octanol–water partition coefficient (Wildman–Crippen LogP) is 1.60. The van der Waals surface area contributed by atoms with Crippen molar-refractivity contribution < 1.29 is 19.0 Å². The summed E-state index contributed by atoms with van der Waals surface area (Å²) in [7, 11) is 0. The summed E-state index contributed by atoms with van der Waals surface area (Å²) in [5.41, 5.74) is 2.13. The van der Waals surface area contributed by atoms with Gasteiger partial charge in [0.25, 0.3) is 0 Å². The Hall–Kier alpha value is -1.31. The van der Waals surface area contributed by atoms with E-state index in [1.165, 1.54) is 11.3 Å². The molecule has 0 atom stereocenters. The lowest BCUT2D eigenvalue weighted by Crippen LogP contribution is -2.40. The van der Waals surface area contributed by atoms with Crippen molar-refractivity contribution >= 4 is 28.7 Å². The molecule has 3 rings (SSSR count). The molecular weight excluding hydrogens is 304 g/mol. The van der Waals surface area contributed by atoms with Crippen LogP contribution in [0.2, 0.25) is 0 Å². The zero-order chi connectivity index (χ0) is 15.4. The van der Waals surface area contributed by atoms with Gasteiger partial charge in [-0.15, -0.1) is 11.3 Å². The number of hydrogen-bond acceptors (Lipinski definition) is 7. The normalized spacial score (nSPS) is 19.3. The maximum absolute atomic E-state index is 12.3. The first-order chi connectivity index (χ1) is 10.8. The Morgan fingerprint density at radius 1 is 1.14 bits per heavy atom. The van der Waals surface area contributed by atoms with Crippen LogP contribution in [0.15, 0.2) is 5.38 Å². The molecule has 6 nitrogen and oxygen atoms in total. The van der Waals surface area contributed by atoms with Crippen LogP contribution in [-0.2, 0) is 14.2 Å². The molecule has 2 aliphatic rings. The van der Waals surface area contributed by atoms with E-state index in [0.717, 1.165) is 50.8 Å². The van der Waals surface area contributed by atoms with Crippen molar-refractivity contribution in [1.29, 1.82) is 0 Å². The van der Waals surface area contributed by atoms with Crippen LogP contribution in [0.4, 0.5) is 11.4 Å². The van der Waals surface area contributed by atoms with E-state index in [9.17, 15) is 4.79 Å². The van der Waals surface area contributed by atoms with Gasteiger partial charge in [-0.2, -0.15) is 0 Å². The Morgan fingerprint density at radius 2 is 1.73 bits per heavy atom. The lowest BCUT2D eigenvalue weighted by atomic mass is 10.2. The molecule has 1 aromatic heterocycles. The number of rotatable bonds is 4. The van der Waals surface area contributed by atoms with Crippen molar-refractivity contribution in [2.45, 2.75) is 6.92 Å². The van der Waals surface area contributed by atoms with E-state index >= 15 is 0 Å². The average molecular weight is 326 g/mol. The largest absolute Gasteiger partial charge is 0.462 e. The Bertz CT molecular complexity index is 508. The van der Waals surface area contributed by atoms with Crippen LogP contribution in [0.3, 0.4) is 0 Å². The molecule has 2 fully saturated rings. The van der Waals surface area contributed by atoms with E-state index in [2.05, 4.69) is 15.2 Å². The maximum atomic E-state index is 12.3. The van der Waals surface area contributed by atoms with Crippen molar-refractivity contribution in [3.63, 3.8) is 0 Å². The molecule has 1 aromatic rings. The van der Waals surface area contributed by atoms with E-state index in [1.807, 2.05) is 6.92 Å². The maximum Gasteiger partial charge on any atom is 0.350 e. The molecule has 0 radical (unpaired) electrons. The van der Waals surface area contributed by atoms with Crippen molar-refractivity contribution in [2.75, 3.05) is 69.0 Å². The summed E-state index contributed by atoms with van der Waals surface area (Å²) < 4.78 is 16.1. The number of hydrogen-bond donors (Lipinski definition) is 0. The van der Waals surface area contributed by atoms with Gasteiger partial charge in [0.2, 0.25) is 0 Å². The van der Waals surface area contributed by atoms with Crippen LogP contribution in [0.25, 0.3) is 0 Å². The quantitative estimate of drug-likeness (QED) is 0.784. The zero-order valence-electron chi connectivity index (χ0n) is 12.9. The molecule has 0 bridgehead atoms. The van der Waals surface area contributed by atoms with Gasteiger partial charge in [0.05, 0.1) is 44.4 Å². The minimum absolute atomic E-state index is 0.228. The van der Waals surface area contributed by atoms with Crippen LogP contribution in [-0.4, -0.2) is 65.2 Å². The molecule has 0 N–H and O–H groups in total. The van der Waals surface area contributed by atoms with E-state index in [1.54, 1.807) is 0 Å². The van der Waals surface area contributed by atoms with Crippen LogP contribution in [0.1, 0.15) is 16.6 Å². The van der Waals surface area contributed by atoms with Crippen molar-refractivity contribution in [2.24, 2.45) is 0 Å². The number of thiophene rings is 1. The molecule has 7 heteroatoms. The molecule has 0 unspecified atom stereocenters. The summed E-state index contributed by atoms with van der Waals surface area (Å²) in [4.78, 5) is 17.5. The molecule has 122 valence electrons. The van der Waals surface area contributed by atoms with Gasteiger partial charge in [-0.1, -0.05) is 0 Å². The van der Waals surface area contributed by atoms with Gasteiger partial charge in [0, 0.05) is 31.6 Å². The summed E-state index contributed by atoms with van der Waals surface area (Å²) in [5.74, 6) is -0.228. The molecule has 0 amide bonds. The number of ether oxygens (including phenoxy) is 3. The highest BCUT2D eigenvalue weighted by Crippen LogP contribution is 2.39. The number of nitrogens with zero attached hydrogens (tertiary/aromatic N) is 2. The van der Waals surface area contributed by atoms with E-state index in [4.69, 9.17) is 14.2 Å². The van der Waals surface area contributed by atoms with Gasteiger partial charge in [-0.05, 0) is 6.92 Å². The van der Waals surface area contributed by atoms with Gasteiger partial charge in [0.15, 0.2) is 0 Å². The topological polar surface area (TPSA) is 51.2 Å². The molecular formula is C15H22N2O4S. The summed E-state index contributed by atoms with van der Waals surface area (Å²) in [6, 6.07) is 0. The van der Waals surface area contributed by atoms with Crippen LogP contribution in [0.5, 0.6) is 0 Å². The standard InChI is InChI=1S/C15H22N2O4S/c1-2-21-15(18)14-13(17-5-9-20-10-6-17)12(11-22-14)16-3-7-19-8-4-16/h11H,2-10H2,1H3. The Kier molecular flexibility index (Phi) is 5.17. The molecule has 0 aliphatic carbocycles. The van der Waals surface area contributed by atoms with Gasteiger partial charge < -0.3 is 24.0 Å². The molecule has 0 saturated carbocycles. The highest BCUT2D eigenvalue weighted by atomic mass is 32.1. The first kappa shape index (κ1) is 15.6. The van der Waals surface area contributed by atoms with E-state index in [0.29, 0.717) is 24.7 Å². The van der Waals surface area contributed by atoms with Crippen molar-refractivity contribution in [3.05, 3.63) is 10.3 Å². The Labute approximate surface area is 134 Å². The van der Waals surface area contributed by atoms with E-state index < -0.39 is 0 Å². The first-order valence-corrected chi connectivity index (χ1v) is 8.63. The lowest BCUT2D eigenvalue weighted by Gasteiger charge is -2.34. The third-order valence-electron chi connectivity index (χ3n) is 3.89. The summed E-state index contributed by atoms with van der Waals surface area (Å²) in [6.45, 7) is 8.41. The fraction of sp³-hybridized carbons (Fsp3) is 0.667. The smallest absolute Gasteiger partial charge is 0.350 e. The minimum atomic E-state index is -0.228. The minimum Gasteiger partial charge on any atom is -0.462 e. The van der Waals surface area contributed by atoms with Crippen LogP contribution < -0.4 is 9.80 Å². The van der Waals surface area contributed by atoms with Crippen LogP contribution in [0, 0.1) is 0 Å². The highest BCUT2D eigenvalue weighted by Gasteiger charge is 2.28. The second kappa shape index (κ2) is 7.30. The van der Waals surface area contributed by atoms with Crippen LogP contribution >= 0.6 is 11.3 Å². The monoisotopic (exact) mass is 326 g/mol. The first-order valence-electron chi connectivity index (χ1n) is 7.75. The highest BCUT2D eigenvalue weighted by molar-refractivity contribution is 7.13. The number of carbonyl (C=O) groups is 1. The average Bonchev–Trinajstić information content (AvgIpc) is 3.02. The fourth-order valence-electron chi connectivity index (χ4n) is 2.81. The summed E-state index contributed by atoms with van der Waals surface area (Å²) >= 11 is 1.47. The third kappa shape index (κ3) is 3.21. The number of anilines is 2. The Balaban J connectivity index is 1.92. The van der Waals surface area contributed by atoms with Gasteiger partial charge >= 0.3 is 5.97 Å². The SMILES string of the molecule is CCOC(=O)c1scc(N2CCOCC2)c1N1CCOCC1. The Morgan fingerprint density at radius 3 is 2.32 bits per heavy atom. The fourth-order valence-corrected chi connectivity index (χ4v) is 3.80. The van der Waals surface area contributed by atoms with Crippen molar-refractivity contribution in [1.82, 2.24) is 0 Å². The van der Waals surface area contributed by atoms with Gasteiger partial charge in [-0.25, -0.2) is 4.79 Å². The summed E-state index contributed by atoms with van der Waals surface area (Å²) in [5, 5.41) is 2.07. The predicted molar refractivity (Wildman–Crippen MR) is 86.3 cm³/mol. The second-order valence-corrected chi connectivity index (χ2v) is 6.10. The second-order valence-electron chi connectivity index (χ2n) is 5.22. The molecule has 0 aromatic carbocycles. The van der Waals surface area contributed by atoms with Gasteiger partial charge in [0.1, 0.15) is 4.88 Å². The lowest BCUT2D eigenvalue weighted by molar-refractivity contribution is 0.0532.